The van der Waals surface area contributed by atoms with Crippen LogP contribution in [-0.4, -0.2) is 44.1 Å². The van der Waals surface area contributed by atoms with E-state index in [0.29, 0.717) is 17.6 Å². The summed E-state index contributed by atoms with van der Waals surface area (Å²) in [6.07, 6.45) is 5.03. The second-order valence-electron chi connectivity index (χ2n) is 6.89. The number of nitrogens with one attached hydrogen (secondary N) is 1. The molecule has 7 nitrogen and oxygen atoms in total. The number of imidazole rings is 1. The molecule has 140 valence electrons. The van der Waals surface area contributed by atoms with Gasteiger partial charge >= 0.3 is 0 Å². The molecule has 0 spiro atoms. The van der Waals surface area contributed by atoms with Gasteiger partial charge in [-0.25, -0.2) is 4.98 Å². The second kappa shape index (κ2) is 7.75. The number of aliphatic hydroxyl groups excluding tert-OH is 1. The second-order valence-corrected chi connectivity index (χ2v) is 6.89. The molecule has 0 radical (unpaired) electrons. The Hall–Kier alpha value is -2.93. The number of anilines is 1. The Labute approximate surface area is 158 Å². The van der Waals surface area contributed by atoms with Gasteiger partial charge in [-0.1, -0.05) is 30.3 Å². The third kappa shape index (κ3) is 3.93. The summed E-state index contributed by atoms with van der Waals surface area (Å²) in [5.41, 5.74) is 1.10. The molecule has 1 aliphatic carbocycles. The van der Waals surface area contributed by atoms with Crippen LogP contribution in [0.2, 0.25) is 0 Å². The molecule has 1 saturated carbocycles. The average Bonchev–Trinajstić information content (AvgIpc) is 3.30. The number of nitrogens with zero attached hydrogens (tertiary/aromatic N) is 4. The van der Waals surface area contributed by atoms with Gasteiger partial charge in [-0.3, -0.25) is 0 Å². The Morgan fingerprint density at radius 3 is 2.74 bits per heavy atom. The fraction of sp³-hybridized carbons (Fsp3) is 0.350. The maximum absolute atomic E-state index is 10.5. The van der Waals surface area contributed by atoms with E-state index in [9.17, 15) is 5.11 Å². The maximum atomic E-state index is 10.5. The molecule has 2 N–H and O–H groups in total. The fourth-order valence-electron chi connectivity index (χ4n) is 3.70. The van der Waals surface area contributed by atoms with E-state index < -0.39 is 6.10 Å². The minimum Gasteiger partial charge on any atom is -0.480 e. The number of ether oxygens (including phenoxy) is 1. The van der Waals surface area contributed by atoms with E-state index in [-0.39, 0.29) is 6.04 Å². The van der Waals surface area contributed by atoms with Crippen molar-refractivity contribution in [3.8, 4) is 17.3 Å². The molecule has 0 bridgehead atoms. The first-order valence-electron chi connectivity index (χ1n) is 9.12. The molecule has 3 atom stereocenters. The summed E-state index contributed by atoms with van der Waals surface area (Å²) in [7, 11) is 1.56. The molecule has 27 heavy (non-hydrogen) atoms. The highest BCUT2D eigenvalue weighted by molar-refractivity contribution is 5.55. The molecule has 0 amide bonds. The number of hydrogen-bond donors (Lipinski definition) is 2. The van der Waals surface area contributed by atoms with Gasteiger partial charge in [0.2, 0.25) is 5.88 Å². The average molecular weight is 365 g/mol. The zero-order chi connectivity index (χ0) is 18.6. The van der Waals surface area contributed by atoms with Crippen LogP contribution in [0.4, 0.5) is 5.82 Å². The molecule has 1 aromatic carbocycles. The van der Waals surface area contributed by atoms with Gasteiger partial charge in [-0.2, -0.15) is 0 Å². The van der Waals surface area contributed by atoms with E-state index in [1.807, 2.05) is 36.7 Å². The molecule has 4 rings (SSSR count). The van der Waals surface area contributed by atoms with Crippen LogP contribution >= 0.6 is 0 Å². The predicted molar refractivity (Wildman–Crippen MR) is 102 cm³/mol. The van der Waals surface area contributed by atoms with Gasteiger partial charge in [0.1, 0.15) is 11.6 Å². The molecule has 0 aliphatic heterocycles. The minimum atomic E-state index is -0.414. The summed E-state index contributed by atoms with van der Waals surface area (Å²) in [4.78, 5) is 4.51. The largest absolute Gasteiger partial charge is 0.480 e. The zero-order valence-corrected chi connectivity index (χ0v) is 15.2. The highest BCUT2D eigenvalue weighted by Crippen LogP contribution is 2.31. The van der Waals surface area contributed by atoms with Crippen LogP contribution in [0.1, 0.15) is 12.8 Å². The van der Waals surface area contributed by atoms with Gasteiger partial charge in [0, 0.05) is 30.6 Å². The lowest BCUT2D eigenvalue weighted by Gasteiger charge is -2.17. The first kappa shape index (κ1) is 17.5. The summed E-state index contributed by atoms with van der Waals surface area (Å²) in [6.45, 7) is 0.827. The molecule has 2 heterocycles. The molecule has 7 heteroatoms. The highest BCUT2D eigenvalue weighted by Gasteiger charge is 2.33. The van der Waals surface area contributed by atoms with Crippen molar-refractivity contribution in [3.63, 3.8) is 0 Å². The quantitative estimate of drug-likeness (QED) is 0.698. The first-order chi connectivity index (χ1) is 13.2. The van der Waals surface area contributed by atoms with Crippen molar-refractivity contribution in [3.05, 3.63) is 54.9 Å². The fourth-order valence-corrected chi connectivity index (χ4v) is 3.70. The zero-order valence-electron chi connectivity index (χ0n) is 15.2. The Morgan fingerprint density at radius 1 is 1.15 bits per heavy atom. The van der Waals surface area contributed by atoms with Gasteiger partial charge in [0.15, 0.2) is 0 Å². The number of aromatic nitrogens is 4. The normalized spacial score (nSPS) is 21.9. The Balaban J connectivity index is 1.41. The molecule has 1 unspecified atom stereocenters. The van der Waals surface area contributed by atoms with Crippen molar-refractivity contribution in [2.75, 3.05) is 12.4 Å². The van der Waals surface area contributed by atoms with E-state index in [4.69, 9.17) is 4.74 Å². The molecule has 0 saturated heterocycles. The number of hydrogen-bond acceptors (Lipinski definition) is 6. The van der Waals surface area contributed by atoms with E-state index in [1.54, 1.807) is 13.2 Å². The van der Waals surface area contributed by atoms with Gasteiger partial charge in [0.05, 0.1) is 19.3 Å². The van der Waals surface area contributed by atoms with Crippen molar-refractivity contribution >= 4 is 5.82 Å². The third-order valence-electron chi connectivity index (χ3n) is 5.01. The van der Waals surface area contributed by atoms with Crippen LogP contribution in [0.25, 0.3) is 11.4 Å². The van der Waals surface area contributed by atoms with Crippen molar-refractivity contribution in [2.24, 2.45) is 5.92 Å². The van der Waals surface area contributed by atoms with Gasteiger partial charge in [-0.05, 0) is 24.8 Å². The SMILES string of the molecule is COc1ccc(N[C@@H]2CC(Cn3ccnc3-c3ccccc3)C[C@H]2O)nn1. The van der Waals surface area contributed by atoms with E-state index in [2.05, 4.69) is 37.2 Å². The first-order valence-corrected chi connectivity index (χ1v) is 9.12. The monoisotopic (exact) mass is 365 g/mol. The number of benzene rings is 1. The standard InChI is InChI=1S/C20H23N5O2/c1-27-19-8-7-18(23-24-19)22-16-11-14(12-17(16)26)13-25-10-9-21-20(25)15-5-3-2-4-6-15/h2-10,14,16-17,26H,11-13H2,1H3,(H,22,23)/t14?,16-,17-/m1/s1. The number of rotatable bonds is 6. The van der Waals surface area contributed by atoms with E-state index in [1.165, 1.54) is 0 Å². The summed E-state index contributed by atoms with van der Waals surface area (Å²) in [6, 6.07) is 13.7. The maximum Gasteiger partial charge on any atom is 0.233 e. The van der Waals surface area contributed by atoms with Crippen LogP contribution < -0.4 is 10.1 Å². The highest BCUT2D eigenvalue weighted by atomic mass is 16.5. The Morgan fingerprint density at radius 2 is 2.00 bits per heavy atom. The van der Waals surface area contributed by atoms with Crippen LogP contribution in [0, 0.1) is 5.92 Å². The predicted octanol–water partition coefficient (Wildman–Crippen LogP) is 2.60. The lowest BCUT2D eigenvalue weighted by Crippen LogP contribution is -2.28. The minimum absolute atomic E-state index is 0.0404. The summed E-state index contributed by atoms with van der Waals surface area (Å²) in [5, 5.41) is 21.8. The van der Waals surface area contributed by atoms with Gasteiger partial charge in [-0.15, -0.1) is 10.2 Å². The van der Waals surface area contributed by atoms with Crippen molar-refractivity contribution in [2.45, 2.75) is 31.5 Å². The van der Waals surface area contributed by atoms with Crippen LogP contribution in [0.15, 0.2) is 54.9 Å². The molecule has 2 aromatic heterocycles. The Bertz CT molecular complexity index is 866. The molecular weight excluding hydrogens is 342 g/mol. The Kier molecular flexibility index (Phi) is 5.02. The van der Waals surface area contributed by atoms with Crippen LogP contribution in [-0.2, 0) is 6.54 Å². The van der Waals surface area contributed by atoms with E-state index in [0.717, 1.165) is 30.8 Å². The topological polar surface area (TPSA) is 85.1 Å². The summed E-state index contributed by atoms with van der Waals surface area (Å²) >= 11 is 0. The van der Waals surface area contributed by atoms with Crippen LogP contribution in [0.5, 0.6) is 5.88 Å². The van der Waals surface area contributed by atoms with Crippen LogP contribution in [0.3, 0.4) is 0 Å². The smallest absolute Gasteiger partial charge is 0.233 e. The molecule has 3 aromatic rings. The molecule has 1 fully saturated rings. The lowest BCUT2D eigenvalue weighted by atomic mass is 10.1. The van der Waals surface area contributed by atoms with E-state index >= 15 is 0 Å². The summed E-state index contributed by atoms with van der Waals surface area (Å²) in [5.74, 6) is 2.44. The van der Waals surface area contributed by atoms with Crippen molar-refractivity contribution < 1.29 is 9.84 Å². The number of aliphatic hydroxyl groups is 1. The van der Waals surface area contributed by atoms with Crippen molar-refractivity contribution in [1.82, 2.24) is 19.7 Å². The van der Waals surface area contributed by atoms with Gasteiger partial charge < -0.3 is 19.7 Å². The summed E-state index contributed by atoms with van der Waals surface area (Å²) < 4.78 is 7.19. The lowest BCUT2D eigenvalue weighted by molar-refractivity contribution is 0.166. The molecule has 1 aliphatic rings. The van der Waals surface area contributed by atoms with Gasteiger partial charge in [0.25, 0.3) is 0 Å². The number of methoxy groups -OCH3 is 1. The third-order valence-corrected chi connectivity index (χ3v) is 5.01. The molecular formula is C20H23N5O2. The van der Waals surface area contributed by atoms with Crippen molar-refractivity contribution in [1.29, 1.82) is 0 Å².